The fourth-order valence-electron chi connectivity index (χ4n) is 4.41. The Morgan fingerprint density at radius 2 is 1.53 bits per heavy atom. The van der Waals surface area contributed by atoms with E-state index >= 15 is 0 Å². The normalized spacial score (nSPS) is 12.8. The first-order valence-corrected chi connectivity index (χ1v) is 15.7. The quantitative estimate of drug-likeness (QED) is 0.0535. The summed E-state index contributed by atoms with van der Waals surface area (Å²) in [7, 11) is -4.15. The third-order valence-corrected chi connectivity index (χ3v) is 8.96. The number of thiophene rings is 1. The Morgan fingerprint density at radius 3 is 2.12 bits per heavy atom. The fourth-order valence-corrected chi connectivity index (χ4v) is 6.52. The highest BCUT2D eigenvalue weighted by Crippen LogP contribution is 2.35. The number of benzene rings is 3. The van der Waals surface area contributed by atoms with Crippen molar-refractivity contribution in [2.45, 2.75) is 29.7 Å². The molecule has 220 valence electrons. The van der Waals surface area contributed by atoms with Gasteiger partial charge in [0.2, 0.25) is 12.0 Å². The Balaban J connectivity index is 1.60. The largest absolute Gasteiger partial charge is 0.459 e. The number of carbonyl (C=O) groups excluding carboxylic acids is 1. The Morgan fingerprint density at radius 1 is 0.953 bits per heavy atom. The smallest absolute Gasteiger partial charge is 0.376 e. The number of hydrogen-bond donors (Lipinski definition) is 5. The Bertz CT molecular complexity index is 1680. The molecule has 0 saturated heterocycles. The number of aliphatic hydroxyl groups excluding tert-OH is 1. The van der Waals surface area contributed by atoms with Crippen LogP contribution >= 0.6 is 11.3 Å². The van der Waals surface area contributed by atoms with Crippen molar-refractivity contribution < 1.29 is 23.3 Å². The number of aliphatic imine (C=N–C) groups is 1. The molecule has 4 rings (SSSR count). The maximum absolute atomic E-state index is 13.2. The first-order chi connectivity index (χ1) is 20.8. The van der Waals surface area contributed by atoms with Gasteiger partial charge in [-0.25, -0.2) is 13.1 Å². The first-order valence-electron chi connectivity index (χ1n) is 13.4. The lowest BCUT2D eigenvalue weighted by molar-refractivity contribution is -0.496. The van der Waals surface area contributed by atoms with Gasteiger partial charge in [0.15, 0.2) is 6.19 Å². The lowest BCUT2D eigenvalue weighted by atomic mass is 9.90. The fraction of sp³-hybridized carbons (Fsp3) is 0.161. The van der Waals surface area contributed by atoms with Crippen LogP contribution in [0, 0.1) is 11.5 Å². The van der Waals surface area contributed by atoms with Gasteiger partial charge in [0.05, 0.1) is 4.90 Å². The van der Waals surface area contributed by atoms with E-state index in [4.69, 9.17) is 11.0 Å². The average molecular weight is 616 g/mol. The predicted molar refractivity (Wildman–Crippen MR) is 166 cm³/mol. The summed E-state index contributed by atoms with van der Waals surface area (Å²) in [5, 5.41) is 22.0. The lowest BCUT2D eigenvalue weighted by Gasteiger charge is -2.16. The molecule has 0 spiro atoms. The zero-order valence-corrected chi connectivity index (χ0v) is 24.7. The zero-order chi connectivity index (χ0) is 30.7. The molecule has 0 bridgehead atoms. The Labute approximate surface area is 254 Å². The highest BCUT2D eigenvalue weighted by Gasteiger charge is 2.30. The first kappa shape index (κ1) is 31.0. The molecule has 12 heteroatoms. The third kappa shape index (κ3) is 8.51. The summed E-state index contributed by atoms with van der Waals surface area (Å²) in [4.78, 5) is 21.4. The van der Waals surface area contributed by atoms with Crippen LogP contribution in [0.5, 0.6) is 0 Å². The van der Waals surface area contributed by atoms with Crippen LogP contribution in [-0.4, -0.2) is 43.9 Å². The number of hydrogen-bond acceptors (Lipinski definition) is 6. The highest BCUT2D eigenvalue weighted by atomic mass is 32.2. The van der Waals surface area contributed by atoms with E-state index in [2.05, 4.69) is 20.0 Å². The number of nitrogens with two attached hydrogens (primary N) is 1. The van der Waals surface area contributed by atoms with Gasteiger partial charge in [-0.2, -0.15) is 10.3 Å². The second kappa shape index (κ2) is 14.8. The predicted octanol–water partition coefficient (Wildman–Crippen LogP) is 2.35. The lowest BCUT2D eigenvalue weighted by Crippen LogP contribution is -2.83. The van der Waals surface area contributed by atoms with Crippen molar-refractivity contribution in [3.63, 3.8) is 0 Å². The zero-order valence-electron chi connectivity index (χ0n) is 23.1. The molecule has 1 heterocycles. The van der Waals surface area contributed by atoms with Crippen LogP contribution in [0.2, 0.25) is 0 Å². The van der Waals surface area contributed by atoms with E-state index < -0.39 is 22.0 Å². The maximum Gasteiger partial charge on any atom is 0.376 e. The molecule has 0 saturated carbocycles. The van der Waals surface area contributed by atoms with Crippen molar-refractivity contribution in [3.8, 4) is 6.19 Å². The standard InChI is InChI=1S/C31H30N6O4S2/c32-21-35-31(33)34-20-10-17-25(29(38)37-43(40,41)24-15-8-3-9-16-24)36-30(39)27-19-18-26(42-27)28(22-11-4-1-5-12-22)23-13-6-2-7-14-23/h1-9,11-16,18-19,25,28H,10,17,20H2,(H,36,39)(H,37,38)(H3,33,34,35)/p+1. The molecule has 1 unspecified atom stereocenters. The van der Waals surface area contributed by atoms with Crippen LogP contribution in [0.3, 0.4) is 0 Å². The number of sulfonamides is 1. The summed E-state index contributed by atoms with van der Waals surface area (Å²) >= 11 is 1.36. The molecule has 10 nitrogen and oxygen atoms in total. The second-order valence-electron chi connectivity index (χ2n) is 9.43. The third-order valence-electron chi connectivity index (χ3n) is 6.44. The summed E-state index contributed by atoms with van der Waals surface area (Å²) in [5.74, 6) is -1.25. The molecule has 1 atom stereocenters. The van der Waals surface area contributed by atoms with E-state index in [0.29, 0.717) is 11.3 Å². The van der Waals surface area contributed by atoms with E-state index in [1.165, 1.54) is 23.5 Å². The van der Waals surface area contributed by atoms with Crippen LogP contribution in [0.1, 0.15) is 39.6 Å². The molecule has 1 aromatic heterocycles. The Hall–Kier alpha value is -4.99. The minimum Gasteiger partial charge on any atom is -0.459 e. The molecule has 0 aliphatic heterocycles. The SMILES string of the molecule is N#CNC(N)=NCCCC([NH+]=C(O)c1ccc(C(c2ccccc2)c2ccccc2)s1)C(=O)NS(=O)(=O)c1ccccc1. The van der Waals surface area contributed by atoms with Gasteiger partial charge in [-0.1, -0.05) is 78.9 Å². The topological polar surface area (TPSA) is 172 Å². The van der Waals surface area contributed by atoms with Gasteiger partial charge in [0.1, 0.15) is 4.88 Å². The van der Waals surface area contributed by atoms with Gasteiger partial charge in [0, 0.05) is 23.8 Å². The number of guanidine groups is 1. The minimum absolute atomic E-state index is 0.0639. The Kier molecular flexibility index (Phi) is 10.6. The van der Waals surface area contributed by atoms with Crippen molar-refractivity contribution in [1.29, 1.82) is 5.26 Å². The van der Waals surface area contributed by atoms with E-state index in [9.17, 15) is 18.3 Å². The molecule has 0 aliphatic carbocycles. The van der Waals surface area contributed by atoms with Crippen LogP contribution < -0.4 is 20.8 Å². The van der Waals surface area contributed by atoms with E-state index in [0.717, 1.165) is 16.0 Å². The number of amides is 1. The van der Waals surface area contributed by atoms with Gasteiger partial charge in [-0.05, 0) is 41.8 Å². The van der Waals surface area contributed by atoms with Crippen LogP contribution in [0.15, 0.2) is 113 Å². The number of nitrogens with zero attached hydrogens (tertiary/aromatic N) is 2. The molecular weight excluding hydrogens is 585 g/mol. The summed E-state index contributed by atoms with van der Waals surface area (Å²) in [6.45, 7) is 0.164. The summed E-state index contributed by atoms with van der Waals surface area (Å²) < 4.78 is 27.8. The molecular formula is C31H31N6O4S2+. The number of carbonyl (C=O) groups is 1. The summed E-state index contributed by atoms with van der Waals surface area (Å²) in [6.07, 6.45) is 2.08. The maximum atomic E-state index is 13.2. The second-order valence-corrected chi connectivity index (χ2v) is 12.2. The number of nitrogens with one attached hydrogen (secondary N) is 3. The molecule has 1 amide bonds. The molecule has 3 aromatic carbocycles. The molecule has 4 aromatic rings. The molecule has 43 heavy (non-hydrogen) atoms. The van der Waals surface area contributed by atoms with Crippen molar-refractivity contribution in [2.24, 2.45) is 10.7 Å². The van der Waals surface area contributed by atoms with E-state index in [-0.39, 0.29) is 35.6 Å². The van der Waals surface area contributed by atoms with Gasteiger partial charge >= 0.3 is 11.8 Å². The molecule has 0 fully saturated rings. The van der Waals surface area contributed by atoms with Crippen molar-refractivity contribution in [1.82, 2.24) is 10.0 Å². The summed E-state index contributed by atoms with van der Waals surface area (Å²) in [5.41, 5.74) is 7.75. The molecule has 6 N–H and O–H groups in total. The molecule has 0 aliphatic rings. The van der Waals surface area contributed by atoms with Crippen molar-refractivity contribution in [2.75, 3.05) is 6.54 Å². The number of aliphatic hydroxyl groups is 1. The van der Waals surface area contributed by atoms with Crippen LogP contribution in [0.25, 0.3) is 0 Å². The monoisotopic (exact) mass is 615 g/mol. The average Bonchev–Trinajstić information content (AvgIpc) is 3.50. The van der Waals surface area contributed by atoms with E-state index in [1.807, 2.05) is 66.7 Å². The summed E-state index contributed by atoms with van der Waals surface area (Å²) in [6, 6.07) is 30.1. The van der Waals surface area contributed by atoms with Crippen LogP contribution in [0.4, 0.5) is 0 Å². The van der Waals surface area contributed by atoms with Crippen LogP contribution in [-0.2, 0) is 14.8 Å². The van der Waals surface area contributed by atoms with Gasteiger partial charge in [-0.15, -0.1) is 11.3 Å². The highest BCUT2D eigenvalue weighted by molar-refractivity contribution is 7.90. The molecule has 0 radical (unpaired) electrons. The van der Waals surface area contributed by atoms with Crippen molar-refractivity contribution in [3.05, 3.63) is 124 Å². The van der Waals surface area contributed by atoms with Gasteiger partial charge < -0.3 is 10.8 Å². The number of rotatable bonds is 12. The van der Waals surface area contributed by atoms with Gasteiger partial charge in [0.25, 0.3) is 10.0 Å². The van der Waals surface area contributed by atoms with Gasteiger partial charge in [-0.3, -0.25) is 15.1 Å². The minimum atomic E-state index is -4.15. The van der Waals surface area contributed by atoms with E-state index in [1.54, 1.807) is 30.5 Å². The number of nitriles is 1. The van der Waals surface area contributed by atoms with Crippen molar-refractivity contribution >= 4 is 39.1 Å².